The Hall–Kier alpha value is -2.44. The lowest BCUT2D eigenvalue weighted by Crippen LogP contribution is -2.48. The van der Waals surface area contributed by atoms with Gasteiger partial charge in [0.2, 0.25) is 0 Å². The minimum absolute atomic E-state index is 0.128. The van der Waals surface area contributed by atoms with Crippen molar-refractivity contribution in [2.75, 3.05) is 19.6 Å². The molecular weight excluding hydrogens is 340 g/mol. The normalized spacial score (nSPS) is 17.4. The molecule has 3 aromatic rings. The largest absolute Gasteiger partial charge is 0.388 e. The molecule has 6 heteroatoms. The number of H-pyrrole nitrogens is 1. The number of Topliss-reactive ketones (excluding diaryl/α,β-unsaturated/α-hetero) is 1. The van der Waals surface area contributed by atoms with E-state index < -0.39 is 5.60 Å². The van der Waals surface area contributed by atoms with Gasteiger partial charge < -0.3 is 14.7 Å². The molecule has 1 saturated heterocycles. The maximum absolute atomic E-state index is 12.8. The van der Waals surface area contributed by atoms with Crippen LogP contribution in [-0.4, -0.2) is 55.6 Å². The summed E-state index contributed by atoms with van der Waals surface area (Å²) in [7, 11) is 0. The van der Waals surface area contributed by atoms with Crippen LogP contribution in [-0.2, 0) is 6.54 Å². The molecule has 2 N–H and O–H groups in total. The molecule has 142 valence electrons. The number of carbonyl (C=O) groups is 1. The number of benzene rings is 1. The number of imidazole rings is 1. The minimum Gasteiger partial charge on any atom is -0.388 e. The van der Waals surface area contributed by atoms with Gasteiger partial charge in [0.15, 0.2) is 5.78 Å². The van der Waals surface area contributed by atoms with Gasteiger partial charge in [-0.15, -0.1) is 0 Å². The Morgan fingerprint density at radius 2 is 2.07 bits per heavy atom. The highest BCUT2D eigenvalue weighted by atomic mass is 16.3. The van der Waals surface area contributed by atoms with E-state index in [4.69, 9.17) is 0 Å². The summed E-state index contributed by atoms with van der Waals surface area (Å²) in [5, 5.41) is 11.9. The first kappa shape index (κ1) is 17.9. The van der Waals surface area contributed by atoms with Crippen LogP contribution in [0.25, 0.3) is 10.9 Å². The van der Waals surface area contributed by atoms with Crippen LogP contribution in [0.3, 0.4) is 0 Å². The van der Waals surface area contributed by atoms with E-state index in [1.54, 1.807) is 6.20 Å². The number of fused-ring (bicyclic) bond motifs is 1. The van der Waals surface area contributed by atoms with Gasteiger partial charge in [0.05, 0.1) is 18.7 Å². The number of nitrogens with one attached hydrogen (secondary N) is 1. The number of aromatic nitrogens is 3. The van der Waals surface area contributed by atoms with Gasteiger partial charge in [-0.1, -0.05) is 11.6 Å². The fourth-order valence-corrected chi connectivity index (χ4v) is 3.93. The fourth-order valence-electron chi connectivity index (χ4n) is 3.93. The van der Waals surface area contributed by atoms with Crippen LogP contribution < -0.4 is 0 Å². The van der Waals surface area contributed by atoms with Gasteiger partial charge in [0, 0.05) is 48.1 Å². The highest BCUT2D eigenvalue weighted by Gasteiger charge is 2.33. The Morgan fingerprint density at radius 3 is 2.78 bits per heavy atom. The van der Waals surface area contributed by atoms with Crippen molar-refractivity contribution in [2.24, 2.45) is 0 Å². The maximum atomic E-state index is 12.8. The molecule has 0 saturated carbocycles. The van der Waals surface area contributed by atoms with E-state index in [1.807, 2.05) is 42.9 Å². The number of aryl methyl sites for hydroxylation is 2. The Labute approximate surface area is 158 Å². The SMILES string of the molecule is Cc1ccc2[nH]cc(C(=O)CN3CCC(O)(Cn4ccnc4C)CC3)c2c1. The second-order valence-electron chi connectivity index (χ2n) is 7.78. The molecule has 0 aliphatic carbocycles. The number of aliphatic hydroxyl groups is 1. The van der Waals surface area contributed by atoms with Crippen molar-refractivity contribution < 1.29 is 9.90 Å². The summed E-state index contributed by atoms with van der Waals surface area (Å²) in [5.41, 5.74) is 2.16. The molecule has 0 radical (unpaired) electrons. The van der Waals surface area contributed by atoms with E-state index in [-0.39, 0.29) is 5.78 Å². The van der Waals surface area contributed by atoms with Crippen LogP contribution in [0.1, 0.15) is 34.6 Å². The average Bonchev–Trinajstić information content (AvgIpc) is 3.23. The second-order valence-corrected chi connectivity index (χ2v) is 7.78. The number of hydrogen-bond acceptors (Lipinski definition) is 4. The third kappa shape index (κ3) is 3.68. The number of carbonyl (C=O) groups excluding carboxylic acids is 1. The monoisotopic (exact) mass is 366 g/mol. The molecule has 1 aromatic carbocycles. The first-order valence-corrected chi connectivity index (χ1v) is 9.47. The number of piperidine rings is 1. The molecule has 0 unspecified atom stereocenters. The highest BCUT2D eigenvalue weighted by Crippen LogP contribution is 2.26. The van der Waals surface area contributed by atoms with Crippen molar-refractivity contribution in [3.05, 3.63) is 53.7 Å². The fraction of sp³-hybridized carbons (Fsp3) is 0.429. The van der Waals surface area contributed by atoms with Crippen molar-refractivity contribution in [3.63, 3.8) is 0 Å². The third-order valence-electron chi connectivity index (χ3n) is 5.68. The zero-order chi connectivity index (χ0) is 19.0. The van der Waals surface area contributed by atoms with Crippen LogP contribution in [0.5, 0.6) is 0 Å². The van der Waals surface area contributed by atoms with E-state index in [2.05, 4.69) is 20.9 Å². The Kier molecular flexibility index (Phi) is 4.61. The van der Waals surface area contributed by atoms with E-state index in [1.165, 1.54) is 0 Å². The van der Waals surface area contributed by atoms with Gasteiger partial charge >= 0.3 is 0 Å². The lowest BCUT2D eigenvalue weighted by molar-refractivity contribution is -0.0331. The summed E-state index contributed by atoms with van der Waals surface area (Å²) in [4.78, 5) is 22.4. The van der Waals surface area contributed by atoms with Gasteiger partial charge in [0.25, 0.3) is 0 Å². The topological polar surface area (TPSA) is 74.2 Å². The van der Waals surface area contributed by atoms with Crippen molar-refractivity contribution in [1.29, 1.82) is 0 Å². The van der Waals surface area contributed by atoms with Gasteiger partial charge in [-0.25, -0.2) is 4.98 Å². The third-order valence-corrected chi connectivity index (χ3v) is 5.68. The molecule has 4 rings (SSSR count). The zero-order valence-corrected chi connectivity index (χ0v) is 15.9. The molecule has 0 bridgehead atoms. The van der Waals surface area contributed by atoms with E-state index >= 15 is 0 Å². The maximum Gasteiger partial charge on any atom is 0.178 e. The lowest BCUT2D eigenvalue weighted by Gasteiger charge is -2.38. The molecule has 1 aliphatic rings. The molecule has 0 amide bonds. The molecule has 6 nitrogen and oxygen atoms in total. The van der Waals surface area contributed by atoms with Gasteiger partial charge in [-0.2, -0.15) is 0 Å². The number of nitrogens with zero attached hydrogens (tertiary/aromatic N) is 3. The standard InChI is InChI=1S/C21H26N4O2/c1-15-3-4-19-17(11-15)18(12-23-19)20(26)13-24-8-5-21(27,6-9-24)14-25-10-7-22-16(25)2/h3-4,7,10-12,23,27H,5-6,8-9,13-14H2,1-2H3. The van der Waals surface area contributed by atoms with Crippen molar-refractivity contribution in [2.45, 2.75) is 38.8 Å². The highest BCUT2D eigenvalue weighted by molar-refractivity contribution is 6.08. The molecule has 3 heterocycles. The lowest BCUT2D eigenvalue weighted by atomic mass is 9.91. The van der Waals surface area contributed by atoms with Gasteiger partial charge in [0.1, 0.15) is 5.82 Å². The molecule has 0 atom stereocenters. The molecule has 27 heavy (non-hydrogen) atoms. The van der Waals surface area contributed by atoms with Crippen molar-refractivity contribution in [3.8, 4) is 0 Å². The predicted octanol–water partition coefficient (Wildman–Crippen LogP) is 2.69. The van der Waals surface area contributed by atoms with E-state index in [0.29, 0.717) is 25.9 Å². The van der Waals surface area contributed by atoms with E-state index in [9.17, 15) is 9.90 Å². The van der Waals surface area contributed by atoms with Crippen LogP contribution in [0.4, 0.5) is 0 Å². The number of hydrogen-bond donors (Lipinski definition) is 2. The predicted molar refractivity (Wildman–Crippen MR) is 105 cm³/mol. The Balaban J connectivity index is 1.39. The molecular formula is C21H26N4O2. The van der Waals surface area contributed by atoms with Crippen LogP contribution in [0.15, 0.2) is 36.8 Å². The number of aromatic amines is 1. The zero-order valence-electron chi connectivity index (χ0n) is 15.9. The van der Waals surface area contributed by atoms with Gasteiger partial charge in [-0.05, 0) is 38.8 Å². The minimum atomic E-state index is -0.733. The summed E-state index contributed by atoms with van der Waals surface area (Å²) in [6, 6.07) is 6.11. The molecule has 1 fully saturated rings. The molecule has 1 aliphatic heterocycles. The Bertz CT molecular complexity index is 964. The smallest absolute Gasteiger partial charge is 0.178 e. The summed E-state index contributed by atoms with van der Waals surface area (Å²) >= 11 is 0. The summed E-state index contributed by atoms with van der Waals surface area (Å²) in [5.74, 6) is 1.04. The van der Waals surface area contributed by atoms with Crippen LogP contribution in [0, 0.1) is 13.8 Å². The summed E-state index contributed by atoms with van der Waals surface area (Å²) in [6.07, 6.45) is 6.79. The van der Waals surface area contributed by atoms with E-state index in [0.717, 1.165) is 40.9 Å². The molecule has 0 spiro atoms. The summed E-state index contributed by atoms with van der Waals surface area (Å²) in [6.45, 7) is 6.37. The quantitative estimate of drug-likeness (QED) is 0.681. The molecule has 2 aromatic heterocycles. The number of ketones is 1. The number of likely N-dealkylation sites (tertiary alicyclic amines) is 1. The average molecular weight is 366 g/mol. The van der Waals surface area contributed by atoms with Crippen LogP contribution in [0.2, 0.25) is 0 Å². The van der Waals surface area contributed by atoms with Crippen LogP contribution >= 0.6 is 0 Å². The first-order valence-electron chi connectivity index (χ1n) is 9.47. The number of rotatable bonds is 5. The Morgan fingerprint density at radius 1 is 1.30 bits per heavy atom. The van der Waals surface area contributed by atoms with Crippen molar-refractivity contribution >= 4 is 16.7 Å². The van der Waals surface area contributed by atoms with Gasteiger partial charge in [-0.3, -0.25) is 9.69 Å². The second kappa shape index (κ2) is 6.94. The van der Waals surface area contributed by atoms with Crippen molar-refractivity contribution in [1.82, 2.24) is 19.4 Å². The first-order chi connectivity index (χ1) is 12.9. The summed E-state index contributed by atoms with van der Waals surface area (Å²) < 4.78 is 2.00.